The van der Waals surface area contributed by atoms with E-state index in [1.807, 2.05) is 25.8 Å². The van der Waals surface area contributed by atoms with Gasteiger partial charge in [-0.3, -0.25) is 4.79 Å². The summed E-state index contributed by atoms with van der Waals surface area (Å²) >= 11 is 4.39. The topological polar surface area (TPSA) is 23.6 Å². The first-order valence-corrected chi connectivity index (χ1v) is 7.05. The molecule has 0 spiro atoms. The summed E-state index contributed by atoms with van der Waals surface area (Å²) in [7, 11) is 4.07. The molecule has 0 N–H and O–H groups in total. The van der Waals surface area contributed by atoms with Crippen molar-refractivity contribution < 1.29 is 4.79 Å². The highest BCUT2D eigenvalue weighted by atomic mass is 32.1. The quantitative estimate of drug-likeness (QED) is 0.777. The molecule has 0 radical (unpaired) electrons. The average molecular weight is 258 g/mol. The Morgan fingerprint density at radius 2 is 1.94 bits per heavy atom. The molecule has 17 heavy (non-hydrogen) atoms. The van der Waals surface area contributed by atoms with Crippen molar-refractivity contribution in [1.29, 1.82) is 0 Å². The number of carbonyl (C=O) groups excluding carboxylic acids is 1. The van der Waals surface area contributed by atoms with Crippen LogP contribution in [0.2, 0.25) is 0 Å². The Morgan fingerprint density at radius 1 is 1.41 bits per heavy atom. The number of likely N-dealkylation sites (tertiary alicyclic amines) is 1. The van der Waals surface area contributed by atoms with Crippen LogP contribution in [-0.2, 0) is 4.79 Å². The lowest BCUT2D eigenvalue weighted by Crippen LogP contribution is -2.41. The van der Waals surface area contributed by atoms with E-state index >= 15 is 0 Å². The van der Waals surface area contributed by atoms with Crippen molar-refractivity contribution >= 4 is 18.5 Å². The van der Waals surface area contributed by atoms with Gasteiger partial charge < -0.3 is 9.80 Å². The molecule has 0 bridgehead atoms. The molecule has 1 rings (SSSR count). The minimum absolute atomic E-state index is 0.161. The highest BCUT2D eigenvalue weighted by Gasteiger charge is 2.24. The van der Waals surface area contributed by atoms with E-state index in [0.29, 0.717) is 11.8 Å². The number of thiol groups is 1. The van der Waals surface area contributed by atoms with Gasteiger partial charge in [0.2, 0.25) is 5.91 Å². The number of amides is 1. The molecule has 0 aliphatic carbocycles. The highest BCUT2D eigenvalue weighted by molar-refractivity contribution is 7.81. The van der Waals surface area contributed by atoms with E-state index in [2.05, 4.69) is 24.6 Å². The van der Waals surface area contributed by atoms with Crippen LogP contribution in [0.3, 0.4) is 0 Å². The Hall–Kier alpha value is -0.220. The van der Waals surface area contributed by atoms with E-state index in [-0.39, 0.29) is 11.2 Å². The highest BCUT2D eigenvalue weighted by Crippen LogP contribution is 2.18. The Balaban J connectivity index is 2.38. The number of piperidine rings is 1. The monoisotopic (exact) mass is 258 g/mol. The molecule has 1 saturated heterocycles. The van der Waals surface area contributed by atoms with Gasteiger partial charge in [-0.05, 0) is 44.8 Å². The SMILES string of the molecule is CC(C)C(S)C(=O)N(C)CC1CCN(C)CC1. The molecular formula is C13H26N2OS. The first-order valence-electron chi connectivity index (χ1n) is 6.53. The summed E-state index contributed by atoms with van der Waals surface area (Å²) in [5.41, 5.74) is 0. The lowest BCUT2D eigenvalue weighted by atomic mass is 9.96. The van der Waals surface area contributed by atoms with Gasteiger partial charge in [0.1, 0.15) is 0 Å². The first-order chi connectivity index (χ1) is 7.91. The molecule has 4 heteroatoms. The number of nitrogens with zero attached hydrogens (tertiary/aromatic N) is 2. The molecule has 0 saturated carbocycles. The largest absolute Gasteiger partial charge is 0.345 e. The zero-order chi connectivity index (χ0) is 13.0. The van der Waals surface area contributed by atoms with Gasteiger partial charge in [-0.15, -0.1) is 0 Å². The fraction of sp³-hybridized carbons (Fsp3) is 0.923. The van der Waals surface area contributed by atoms with E-state index in [9.17, 15) is 4.79 Å². The summed E-state index contributed by atoms with van der Waals surface area (Å²) in [4.78, 5) is 16.3. The standard InChI is InChI=1S/C13H26N2OS/c1-10(2)12(17)13(16)15(4)9-11-5-7-14(3)8-6-11/h10-12,17H,5-9H2,1-4H3. The van der Waals surface area contributed by atoms with E-state index in [1.165, 1.54) is 12.8 Å². The van der Waals surface area contributed by atoms with Gasteiger partial charge in [0, 0.05) is 13.6 Å². The molecular weight excluding hydrogens is 232 g/mol. The van der Waals surface area contributed by atoms with E-state index in [1.54, 1.807) is 0 Å². The average Bonchev–Trinajstić information content (AvgIpc) is 2.30. The number of hydrogen-bond donors (Lipinski definition) is 1. The molecule has 0 aromatic rings. The summed E-state index contributed by atoms with van der Waals surface area (Å²) in [6, 6.07) is 0. The zero-order valence-corrected chi connectivity index (χ0v) is 12.4. The second kappa shape index (κ2) is 6.64. The van der Waals surface area contributed by atoms with Crippen molar-refractivity contribution in [3.8, 4) is 0 Å². The van der Waals surface area contributed by atoms with Crippen LogP contribution >= 0.6 is 12.6 Å². The molecule has 1 unspecified atom stereocenters. The Kier molecular flexibility index (Phi) is 5.80. The Bertz CT molecular complexity index is 250. The summed E-state index contributed by atoms with van der Waals surface area (Å²) in [6.07, 6.45) is 2.40. The second-order valence-electron chi connectivity index (χ2n) is 5.65. The third-order valence-corrected chi connectivity index (χ3v) is 4.45. The van der Waals surface area contributed by atoms with Crippen LogP contribution in [0, 0.1) is 11.8 Å². The van der Waals surface area contributed by atoms with E-state index in [4.69, 9.17) is 0 Å². The minimum atomic E-state index is -0.161. The molecule has 1 fully saturated rings. The predicted octanol–water partition coefficient (Wildman–Crippen LogP) is 1.74. The molecule has 0 aromatic heterocycles. The molecule has 100 valence electrons. The summed E-state index contributed by atoms with van der Waals surface area (Å²) in [5, 5.41) is -0.161. The van der Waals surface area contributed by atoms with Crippen LogP contribution in [0.1, 0.15) is 26.7 Å². The molecule has 1 aliphatic heterocycles. The first kappa shape index (κ1) is 14.8. The van der Waals surface area contributed by atoms with Crippen molar-refractivity contribution in [2.24, 2.45) is 11.8 Å². The molecule has 3 nitrogen and oxygen atoms in total. The van der Waals surface area contributed by atoms with Gasteiger partial charge in [0.15, 0.2) is 0 Å². The van der Waals surface area contributed by atoms with Crippen molar-refractivity contribution in [2.45, 2.75) is 31.9 Å². The molecule has 0 aromatic carbocycles. The fourth-order valence-electron chi connectivity index (χ4n) is 2.23. The minimum Gasteiger partial charge on any atom is -0.345 e. The van der Waals surface area contributed by atoms with Crippen LogP contribution in [0.15, 0.2) is 0 Å². The van der Waals surface area contributed by atoms with Crippen LogP contribution < -0.4 is 0 Å². The summed E-state index contributed by atoms with van der Waals surface area (Å²) < 4.78 is 0. The maximum absolute atomic E-state index is 12.1. The number of carbonyl (C=O) groups is 1. The second-order valence-corrected chi connectivity index (χ2v) is 6.21. The predicted molar refractivity (Wildman–Crippen MR) is 75.5 cm³/mol. The lowest BCUT2D eigenvalue weighted by Gasteiger charge is -2.32. The van der Waals surface area contributed by atoms with Crippen LogP contribution in [0.25, 0.3) is 0 Å². The van der Waals surface area contributed by atoms with Crippen molar-refractivity contribution in [1.82, 2.24) is 9.80 Å². The summed E-state index contributed by atoms with van der Waals surface area (Å²) in [6.45, 7) is 7.27. The maximum Gasteiger partial charge on any atom is 0.235 e. The molecule has 1 aliphatic rings. The fourth-order valence-corrected chi connectivity index (χ4v) is 2.43. The summed E-state index contributed by atoms with van der Waals surface area (Å²) in [5.74, 6) is 1.13. The zero-order valence-electron chi connectivity index (χ0n) is 11.5. The molecule has 1 amide bonds. The van der Waals surface area contributed by atoms with Crippen LogP contribution in [0.5, 0.6) is 0 Å². The van der Waals surface area contributed by atoms with Gasteiger partial charge in [-0.1, -0.05) is 13.8 Å². The van der Waals surface area contributed by atoms with Crippen molar-refractivity contribution in [3.63, 3.8) is 0 Å². The maximum atomic E-state index is 12.1. The third-order valence-electron chi connectivity index (χ3n) is 3.63. The van der Waals surface area contributed by atoms with E-state index < -0.39 is 0 Å². The van der Waals surface area contributed by atoms with Crippen molar-refractivity contribution in [3.05, 3.63) is 0 Å². The molecule has 1 heterocycles. The van der Waals surface area contributed by atoms with E-state index in [0.717, 1.165) is 19.6 Å². The number of rotatable bonds is 4. The Labute approximate surface area is 111 Å². The van der Waals surface area contributed by atoms with Gasteiger partial charge in [-0.25, -0.2) is 0 Å². The molecule has 1 atom stereocenters. The third kappa shape index (κ3) is 4.51. The van der Waals surface area contributed by atoms with Gasteiger partial charge in [0.25, 0.3) is 0 Å². The smallest absolute Gasteiger partial charge is 0.235 e. The van der Waals surface area contributed by atoms with Gasteiger partial charge in [0.05, 0.1) is 5.25 Å². The van der Waals surface area contributed by atoms with Gasteiger partial charge >= 0.3 is 0 Å². The van der Waals surface area contributed by atoms with Crippen LogP contribution in [-0.4, -0.2) is 54.7 Å². The normalized spacial score (nSPS) is 20.6. The van der Waals surface area contributed by atoms with Gasteiger partial charge in [-0.2, -0.15) is 12.6 Å². The lowest BCUT2D eigenvalue weighted by molar-refractivity contribution is -0.130. The Morgan fingerprint density at radius 3 is 2.41 bits per heavy atom. The van der Waals surface area contributed by atoms with Crippen LogP contribution in [0.4, 0.5) is 0 Å². The number of hydrogen-bond acceptors (Lipinski definition) is 3. The van der Waals surface area contributed by atoms with Crippen molar-refractivity contribution in [2.75, 3.05) is 33.7 Å².